The van der Waals surface area contributed by atoms with Gasteiger partial charge < -0.3 is 0 Å². The summed E-state index contributed by atoms with van der Waals surface area (Å²) in [5, 5.41) is 11.2. The molecule has 0 amide bonds. The van der Waals surface area contributed by atoms with Gasteiger partial charge in [-0.05, 0) is 58.7 Å². The number of pyridine rings is 1. The normalized spacial score (nSPS) is 12.8. The van der Waals surface area contributed by atoms with Gasteiger partial charge in [-0.3, -0.25) is 19.9 Å². The van der Waals surface area contributed by atoms with E-state index in [0.717, 1.165) is 45.5 Å². The van der Waals surface area contributed by atoms with E-state index in [2.05, 4.69) is 0 Å². The molecule has 5 nitrogen and oxygen atoms in total. The molecular weight excluding hydrogens is 383 g/mol. The van der Waals surface area contributed by atoms with Crippen LogP contribution < -0.4 is 0 Å². The molecule has 0 bridgehead atoms. The first-order valence-electron chi connectivity index (χ1n) is 9.92. The highest BCUT2D eigenvalue weighted by Crippen LogP contribution is 2.37. The zero-order chi connectivity index (χ0) is 21.4. The largest absolute Gasteiger partial charge is 0.298 e. The zero-order valence-electron chi connectivity index (χ0n) is 16.8. The molecule has 1 aliphatic carbocycles. The number of nitrogens with zero attached hydrogens (tertiary/aromatic N) is 2. The van der Waals surface area contributed by atoms with Crippen molar-refractivity contribution < 1.29 is 14.1 Å². The van der Waals surface area contributed by atoms with Gasteiger partial charge in [-0.15, -0.1) is 0 Å². The molecule has 0 spiro atoms. The van der Waals surface area contributed by atoms with Crippen molar-refractivity contribution in [3.63, 3.8) is 0 Å². The lowest BCUT2D eigenvalue weighted by Crippen LogP contribution is -2.10. The summed E-state index contributed by atoms with van der Waals surface area (Å²) >= 11 is 0. The fraction of sp³-hybridized carbons (Fsp3) is 0.250. The predicted octanol–water partition coefficient (Wildman–Crippen LogP) is 5.42. The second-order valence-corrected chi connectivity index (χ2v) is 7.88. The van der Waals surface area contributed by atoms with Crippen molar-refractivity contribution in [3.05, 3.63) is 92.0 Å². The highest BCUT2D eigenvalue weighted by atomic mass is 19.1. The predicted molar refractivity (Wildman–Crippen MR) is 112 cm³/mol. The van der Waals surface area contributed by atoms with E-state index < -0.39 is 0 Å². The zero-order valence-corrected chi connectivity index (χ0v) is 16.8. The summed E-state index contributed by atoms with van der Waals surface area (Å²) in [6.45, 7) is 3.98. The minimum absolute atomic E-state index is 0.0430. The van der Waals surface area contributed by atoms with E-state index in [1.54, 1.807) is 24.3 Å². The van der Waals surface area contributed by atoms with Gasteiger partial charge in [0, 0.05) is 29.8 Å². The van der Waals surface area contributed by atoms with Crippen molar-refractivity contribution >= 4 is 12.0 Å². The Morgan fingerprint density at radius 1 is 1.10 bits per heavy atom. The van der Waals surface area contributed by atoms with Gasteiger partial charge in [0.15, 0.2) is 6.29 Å². The summed E-state index contributed by atoms with van der Waals surface area (Å²) < 4.78 is 13.6. The van der Waals surface area contributed by atoms with Gasteiger partial charge in [-0.1, -0.05) is 32.0 Å². The minimum Gasteiger partial charge on any atom is -0.298 e. The monoisotopic (exact) mass is 404 g/mol. The molecule has 0 atom stereocenters. The van der Waals surface area contributed by atoms with Gasteiger partial charge in [-0.2, -0.15) is 0 Å². The van der Waals surface area contributed by atoms with Crippen molar-refractivity contribution in [2.24, 2.45) is 0 Å². The van der Waals surface area contributed by atoms with Crippen molar-refractivity contribution in [2.75, 3.05) is 0 Å². The third-order valence-electron chi connectivity index (χ3n) is 5.65. The first kappa shape index (κ1) is 19.9. The van der Waals surface area contributed by atoms with Crippen molar-refractivity contribution in [2.45, 2.75) is 39.0 Å². The molecule has 0 unspecified atom stereocenters. The number of carbonyl (C=O) groups excluding carboxylic acids is 1. The molecule has 152 valence electrons. The number of nitro benzene ring substituents is 1. The molecule has 4 rings (SSSR count). The third-order valence-corrected chi connectivity index (χ3v) is 5.65. The van der Waals surface area contributed by atoms with E-state index in [1.165, 1.54) is 18.2 Å². The second-order valence-electron chi connectivity index (χ2n) is 7.88. The number of carbonyl (C=O) groups is 1. The number of nitro groups is 1. The smallest absolute Gasteiger partial charge is 0.269 e. The molecule has 1 aromatic heterocycles. The van der Waals surface area contributed by atoms with E-state index >= 15 is 0 Å². The number of hydrogen-bond acceptors (Lipinski definition) is 4. The Labute approximate surface area is 173 Å². The summed E-state index contributed by atoms with van der Waals surface area (Å²) in [5.41, 5.74) is 6.60. The summed E-state index contributed by atoms with van der Waals surface area (Å²) in [5.74, 6) is -0.297. The van der Waals surface area contributed by atoms with Crippen molar-refractivity contribution in [1.29, 1.82) is 0 Å². The average Bonchev–Trinajstić information content (AvgIpc) is 2.91. The number of aldehydes is 1. The first-order chi connectivity index (χ1) is 14.4. The number of aromatic nitrogens is 1. The third kappa shape index (κ3) is 3.49. The molecule has 0 aliphatic heterocycles. The molecule has 0 radical (unpaired) electrons. The van der Waals surface area contributed by atoms with E-state index in [4.69, 9.17) is 4.98 Å². The quantitative estimate of drug-likeness (QED) is 0.331. The SMILES string of the molecule is CC(C)c1nc2c(c(-c3ccc(F)cc3)c1C=O)Cc1ccc([N+](=O)[O-])cc1CC2. The van der Waals surface area contributed by atoms with E-state index in [0.29, 0.717) is 24.8 Å². The van der Waals surface area contributed by atoms with Crippen LogP contribution in [-0.2, 0) is 19.3 Å². The highest BCUT2D eigenvalue weighted by Gasteiger charge is 2.25. The van der Waals surface area contributed by atoms with E-state index in [1.807, 2.05) is 13.8 Å². The Balaban J connectivity index is 1.96. The van der Waals surface area contributed by atoms with Gasteiger partial charge in [0.25, 0.3) is 5.69 Å². The Morgan fingerprint density at radius 3 is 2.47 bits per heavy atom. The molecule has 0 saturated heterocycles. The lowest BCUT2D eigenvalue weighted by molar-refractivity contribution is -0.384. The molecule has 0 saturated carbocycles. The Kier molecular flexibility index (Phi) is 5.16. The molecule has 0 N–H and O–H groups in total. The molecular formula is C24H21FN2O3. The van der Waals surface area contributed by atoms with Crippen LogP contribution in [0.1, 0.15) is 58.2 Å². The molecule has 1 aliphatic rings. The van der Waals surface area contributed by atoms with Gasteiger partial charge in [-0.25, -0.2) is 4.39 Å². The van der Waals surface area contributed by atoms with Crippen LogP contribution in [0.15, 0.2) is 42.5 Å². The number of non-ortho nitro benzene ring substituents is 1. The molecule has 3 aromatic rings. The molecule has 1 heterocycles. The lowest BCUT2D eigenvalue weighted by Gasteiger charge is -2.20. The number of benzene rings is 2. The van der Waals surface area contributed by atoms with Crippen LogP contribution in [0.3, 0.4) is 0 Å². The summed E-state index contributed by atoms with van der Waals surface area (Å²) in [4.78, 5) is 27.8. The van der Waals surface area contributed by atoms with Crippen LogP contribution >= 0.6 is 0 Å². The maximum absolute atomic E-state index is 13.6. The summed E-state index contributed by atoms with van der Waals surface area (Å²) in [6, 6.07) is 11.1. The van der Waals surface area contributed by atoms with Gasteiger partial charge in [0.1, 0.15) is 5.82 Å². The van der Waals surface area contributed by atoms with Crippen molar-refractivity contribution in [3.8, 4) is 11.1 Å². The summed E-state index contributed by atoms with van der Waals surface area (Å²) in [6.07, 6.45) is 2.61. The molecule has 30 heavy (non-hydrogen) atoms. The van der Waals surface area contributed by atoms with Crippen LogP contribution in [0.5, 0.6) is 0 Å². The van der Waals surface area contributed by atoms with Gasteiger partial charge >= 0.3 is 0 Å². The molecule has 6 heteroatoms. The number of aryl methyl sites for hydroxylation is 2. The van der Waals surface area contributed by atoms with Crippen LogP contribution in [0.25, 0.3) is 11.1 Å². The fourth-order valence-electron chi connectivity index (χ4n) is 4.19. The minimum atomic E-state index is -0.387. The van der Waals surface area contributed by atoms with E-state index in [9.17, 15) is 19.3 Å². The van der Waals surface area contributed by atoms with Crippen LogP contribution in [0.2, 0.25) is 0 Å². The summed E-state index contributed by atoms with van der Waals surface area (Å²) in [7, 11) is 0. The van der Waals surface area contributed by atoms with Crippen LogP contribution in [0.4, 0.5) is 10.1 Å². The van der Waals surface area contributed by atoms with Crippen molar-refractivity contribution in [1.82, 2.24) is 4.98 Å². The Morgan fingerprint density at radius 2 is 1.83 bits per heavy atom. The van der Waals surface area contributed by atoms with Gasteiger partial charge in [0.2, 0.25) is 0 Å². The number of halogens is 1. The van der Waals surface area contributed by atoms with Crippen LogP contribution in [-0.4, -0.2) is 16.2 Å². The Hall–Kier alpha value is -3.41. The molecule has 0 fully saturated rings. The average molecular weight is 404 g/mol. The first-order valence-corrected chi connectivity index (χ1v) is 9.92. The second kappa shape index (κ2) is 7.78. The standard InChI is InChI=1S/C24H21FN2O3/c1-14(2)24-21(13-28)23(15-3-7-18(25)8-4-15)20-12-17-5-9-19(27(29)30)11-16(17)6-10-22(20)26-24/h3-5,7-9,11,13-14H,6,10,12H2,1-2H3. The fourth-order valence-corrected chi connectivity index (χ4v) is 4.19. The lowest BCUT2D eigenvalue weighted by atomic mass is 9.87. The van der Waals surface area contributed by atoms with E-state index in [-0.39, 0.29) is 22.3 Å². The number of fused-ring (bicyclic) bond motifs is 2. The van der Waals surface area contributed by atoms with Gasteiger partial charge in [0.05, 0.1) is 10.6 Å². The molecule has 2 aromatic carbocycles. The number of hydrogen-bond donors (Lipinski definition) is 0. The topological polar surface area (TPSA) is 73.1 Å². The number of rotatable bonds is 4. The maximum Gasteiger partial charge on any atom is 0.269 e. The van der Waals surface area contributed by atoms with Crippen LogP contribution in [0, 0.1) is 15.9 Å². The Bertz CT molecular complexity index is 1150. The highest BCUT2D eigenvalue weighted by molar-refractivity contribution is 5.91. The maximum atomic E-state index is 13.6.